The molecular weight excluding hydrogens is 548 g/mol. The Labute approximate surface area is 231 Å². The first kappa shape index (κ1) is 27.9. The summed E-state index contributed by atoms with van der Waals surface area (Å²) in [6, 6.07) is 11.2. The number of hydrogen-bond acceptors (Lipinski definition) is 9. The average molecular weight is 569 g/mol. The number of esters is 1. The second kappa shape index (κ2) is 11.7. The number of carbonyl (C=O) groups is 4. The Balaban J connectivity index is 1.57. The van der Waals surface area contributed by atoms with Crippen LogP contribution in [0.5, 0.6) is 5.75 Å². The summed E-state index contributed by atoms with van der Waals surface area (Å²) in [7, 11) is 1.17. The fraction of sp³-hybridized carbons (Fsp3) is 0.154. The van der Waals surface area contributed by atoms with Crippen LogP contribution in [0.15, 0.2) is 58.6 Å². The van der Waals surface area contributed by atoms with Gasteiger partial charge in [-0.15, -0.1) is 0 Å². The van der Waals surface area contributed by atoms with E-state index in [1.165, 1.54) is 25.3 Å². The number of carbonyl (C=O) groups excluding carboxylic acids is 4. The topological polar surface area (TPSA) is 170 Å². The molecule has 2 N–H and O–H groups in total. The molecule has 1 aliphatic heterocycles. The molecule has 1 aliphatic rings. The fourth-order valence-electron chi connectivity index (χ4n) is 3.67. The van der Waals surface area contributed by atoms with Gasteiger partial charge in [-0.3, -0.25) is 24.6 Å². The number of imide groups is 1. The number of nitrogens with zero attached hydrogens (tertiary/aromatic N) is 2. The summed E-state index contributed by atoms with van der Waals surface area (Å²) in [5.41, 5.74) is 0.670. The summed E-state index contributed by atoms with van der Waals surface area (Å²) in [5.74, 6) is -2.42. The number of halogens is 1. The van der Waals surface area contributed by atoms with Gasteiger partial charge in [0.2, 0.25) is 11.5 Å². The second-order valence-electron chi connectivity index (χ2n) is 8.44. The van der Waals surface area contributed by atoms with Crippen molar-refractivity contribution < 1.29 is 38.0 Å². The first-order valence-electron chi connectivity index (χ1n) is 11.5. The molecule has 13 nitrogen and oxygen atoms in total. The minimum absolute atomic E-state index is 0.0289. The van der Waals surface area contributed by atoms with E-state index in [2.05, 4.69) is 15.4 Å². The lowest BCUT2D eigenvalue weighted by atomic mass is 10.1. The number of rotatable bonds is 9. The SMILES string of the molecule is COC(=O)c1ccc(CN2C(=O)N/C(=C\c3cc(Cl)cc([N+](=O)[O-])c3OCC(=O)Nc3ccc(C)cc3)C2=O)o1. The molecular formula is C26H21ClN4O9. The quantitative estimate of drug-likeness (QED) is 0.127. The van der Waals surface area contributed by atoms with Crippen molar-refractivity contribution in [3.05, 3.63) is 92.0 Å². The number of furan rings is 1. The van der Waals surface area contributed by atoms with Gasteiger partial charge < -0.3 is 24.5 Å². The number of aryl methyl sites for hydroxylation is 1. The average Bonchev–Trinajstić information content (AvgIpc) is 3.49. The predicted molar refractivity (Wildman–Crippen MR) is 141 cm³/mol. The molecule has 0 spiro atoms. The van der Waals surface area contributed by atoms with E-state index in [1.807, 2.05) is 6.92 Å². The molecule has 1 saturated heterocycles. The summed E-state index contributed by atoms with van der Waals surface area (Å²) in [5, 5.41) is 16.7. The monoisotopic (exact) mass is 568 g/mol. The van der Waals surface area contributed by atoms with Crippen LogP contribution in [0, 0.1) is 17.0 Å². The van der Waals surface area contributed by atoms with Crippen molar-refractivity contribution in [3.8, 4) is 5.75 Å². The maximum absolute atomic E-state index is 13.0. The van der Waals surface area contributed by atoms with E-state index in [0.717, 1.165) is 22.6 Å². The number of methoxy groups -OCH3 is 1. The van der Waals surface area contributed by atoms with Gasteiger partial charge in [0.25, 0.3) is 11.8 Å². The van der Waals surface area contributed by atoms with Gasteiger partial charge in [-0.2, -0.15) is 0 Å². The van der Waals surface area contributed by atoms with Gasteiger partial charge in [-0.05, 0) is 43.3 Å². The van der Waals surface area contributed by atoms with Crippen LogP contribution in [0.25, 0.3) is 6.08 Å². The van der Waals surface area contributed by atoms with Gasteiger partial charge in [0.1, 0.15) is 11.5 Å². The van der Waals surface area contributed by atoms with Crippen molar-refractivity contribution in [2.24, 2.45) is 0 Å². The van der Waals surface area contributed by atoms with E-state index >= 15 is 0 Å². The van der Waals surface area contributed by atoms with Crippen molar-refractivity contribution in [1.82, 2.24) is 10.2 Å². The van der Waals surface area contributed by atoms with Crippen LogP contribution < -0.4 is 15.4 Å². The highest BCUT2D eigenvalue weighted by Gasteiger charge is 2.35. The van der Waals surface area contributed by atoms with E-state index in [1.54, 1.807) is 24.3 Å². The van der Waals surface area contributed by atoms with Crippen molar-refractivity contribution in [1.29, 1.82) is 0 Å². The van der Waals surface area contributed by atoms with E-state index in [9.17, 15) is 29.3 Å². The van der Waals surface area contributed by atoms with E-state index < -0.39 is 41.0 Å². The fourth-order valence-corrected chi connectivity index (χ4v) is 3.89. The normalized spacial score (nSPS) is 13.8. The van der Waals surface area contributed by atoms with Crippen LogP contribution in [0.4, 0.5) is 16.2 Å². The highest BCUT2D eigenvalue weighted by Crippen LogP contribution is 2.36. The highest BCUT2D eigenvalue weighted by molar-refractivity contribution is 6.31. The smallest absolute Gasteiger partial charge is 0.373 e. The standard InChI is InChI=1S/C26H21ClN4O9/c1-14-3-5-17(6-4-14)28-22(32)13-39-23-15(9-16(27)11-20(23)31(36)37)10-19-24(33)30(26(35)29-19)12-18-7-8-21(40-18)25(34)38-2/h3-11H,12-13H2,1-2H3,(H,28,32)(H,29,35)/b19-10-. The molecule has 0 unspecified atom stereocenters. The van der Waals surface area contributed by atoms with Crippen LogP contribution in [0.1, 0.15) is 27.4 Å². The van der Waals surface area contributed by atoms with Gasteiger partial charge in [0, 0.05) is 22.3 Å². The van der Waals surface area contributed by atoms with Crippen LogP contribution in [-0.2, 0) is 20.9 Å². The number of nitro groups is 1. The number of anilines is 1. The Kier molecular flexibility index (Phi) is 8.15. The highest BCUT2D eigenvalue weighted by atomic mass is 35.5. The van der Waals surface area contributed by atoms with Gasteiger partial charge in [-0.25, -0.2) is 9.59 Å². The Morgan fingerprint density at radius 3 is 2.58 bits per heavy atom. The number of nitro benzene ring substituents is 1. The zero-order valence-corrected chi connectivity index (χ0v) is 21.8. The molecule has 4 rings (SSSR count). The molecule has 1 fully saturated rings. The Morgan fingerprint density at radius 1 is 1.18 bits per heavy atom. The Bertz CT molecular complexity index is 1550. The zero-order valence-electron chi connectivity index (χ0n) is 21.1. The first-order valence-corrected chi connectivity index (χ1v) is 11.9. The Morgan fingerprint density at radius 2 is 1.90 bits per heavy atom. The lowest BCUT2D eigenvalue weighted by Gasteiger charge is -2.12. The van der Waals surface area contributed by atoms with E-state index in [0.29, 0.717) is 5.69 Å². The summed E-state index contributed by atoms with van der Waals surface area (Å²) < 4.78 is 15.4. The van der Waals surface area contributed by atoms with Crippen LogP contribution in [0.3, 0.4) is 0 Å². The summed E-state index contributed by atoms with van der Waals surface area (Å²) in [6.07, 6.45) is 1.15. The molecule has 40 heavy (non-hydrogen) atoms. The molecule has 0 atom stereocenters. The maximum Gasteiger partial charge on any atom is 0.373 e. The molecule has 0 radical (unpaired) electrons. The number of nitrogens with one attached hydrogen (secondary N) is 2. The van der Waals surface area contributed by atoms with Crippen LogP contribution in [0.2, 0.25) is 5.02 Å². The third kappa shape index (κ3) is 6.27. The van der Waals surface area contributed by atoms with E-state index in [-0.39, 0.29) is 40.1 Å². The molecule has 3 aromatic rings. The van der Waals surface area contributed by atoms with E-state index in [4.69, 9.17) is 20.8 Å². The largest absolute Gasteiger partial charge is 0.476 e. The maximum atomic E-state index is 13.0. The summed E-state index contributed by atoms with van der Waals surface area (Å²) in [6.45, 7) is 0.982. The molecule has 0 bridgehead atoms. The molecule has 2 aromatic carbocycles. The van der Waals surface area contributed by atoms with Crippen molar-refractivity contribution in [3.63, 3.8) is 0 Å². The van der Waals surface area contributed by atoms with Gasteiger partial charge in [0.05, 0.1) is 18.6 Å². The molecule has 206 valence electrons. The van der Waals surface area contributed by atoms with Gasteiger partial charge in [-0.1, -0.05) is 29.3 Å². The zero-order chi connectivity index (χ0) is 29.0. The number of urea groups is 1. The third-order valence-corrected chi connectivity index (χ3v) is 5.78. The lowest BCUT2D eigenvalue weighted by molar-refractivity contribution is -0.385. The molecule has 14 heteroatoms. The third-order valence-electron chi connectivity index (χ3n) is 5.57. The van der Waals surface area contributed by atoms with Crippen LogP contribution >= 0.6 is 11.6 Å². The summed E-state index contributed by atoms with van der Waals surface area (Å²) >= 11 is 6.07. The first-order chi connectivity index (χ1) is 19.0. The van der Waals surface area contributed by atoms with Gasteiger partial charge >= 0.3 is 17.7 Å². The minimum Gasteiger partial charge on any atom is -0.476 e. The summed E-state index contributed by atoms with van der Waals surface area (Å²) in [4.78, 5) is 61.4. The lowest BCUT2D eigenvalue weighted by Crippen LogP contribution is -2.30. The molecule has 4 amide bonds. The minimum atomic E-state index is -0.802. The number of hydrogen-bond donors (Lipinski definition) is 2. The molecule has 1 aromatic heterocycles. The molecule has 0 aliphatic carbocycles. The molecule has 0 saturated carbocycles. The molecule has 2 heterocycles. The second-order valence-corrected chi connectivity index (χ2v) is 8.88. The predicted octanol–water partition coefficient (Wildman–Crippen LogP) is 4.05. The van der Waals surface area contributed by atoms with Gasteiger partial charge in [0.15, 0.2) is 6.61 Å². The number of amides is 4. The number of ether oxygens (including phenoxy) is 2. The van der Waals surface area contributed by atoms with Crippen molar-refractivity contribution >= 4 is 52.9 Å². The Hall–Kier alpha value is -5.17. The van der Waals surface area contributed by atoms with Crippen molar-refractivity contribution in [2.45, 2.75) is 13.5 Å². The number of benzene rings is 2. The van der Waals surface area contributed by atoms with Crippen molar-refractivity contribution in [2.75, 3.05) is 19.0 Å². The van der Waals surface area contributed by atoms with Crippen LogP contribution in [-0.4, -0.2) is 47.4 Å².